The van der Waals surface area contributed by atoms with E-state index in [1.807, 2.05) is 4.90 Å². The summed E-state index contributed by atoms with van der Waals surface area (Å²) in [6.45, 7) is 2.09. The highest BCUT2D eigenvalue weighted by atomic mass is 35.5. The lowest BCUT2D eigenvalue weighted by Crippen LogP contribution is -2.50. The van der Waals surface area contributed by atoms with Crippen LogP contribution in [0.5, 0.6) is 0 Å². The molecule has 1 aliphatic rings. The molecule has 1 aliphatic heterocycles. The Hall–Kier alpha value is -3.55. The fraction of sp³-hybridized carbons (Fsp3) is 0.192. The lowest BCUT2D eigenvalue weighted by atomic mass is 9.97. The van der Waals surface area contributed by atoms with Crippen LogP contribution in [-0.2, 0) is 4.79 Å². The monoisotopic (exact) mass is 479 g/mol. The van der Waals surface area contributed by atoms with E-state index in [1.54, 1.807) is 53.4 Å². The number of carbonyl (C=O) groups excluding carboxylic acids is 3. The first kappa shape index (κ1) is 23.6. The maximum absolute atomic E-state index is 13.2. The van der Waals surface area contributed by atoms with Crippen LogP contribution in [0.15, 0.2) is 72.8 Å². The summed E-state index contributed by atoms with van der Waals surface area (Å²) in [5.41, 5.74) is 1.68. The second-order valence-corrected chi connectivity index (χ2v) is 8.44. The second-order valence-electron chi connectivity index (χ2n) is 8.01. The van der Waals surface area contributed by atoms with Crippen LogP contribution in [0.25, 0.3) is 0 Å². The van der Waals surface area contributed by atoms with Crippen LogP contribution in [0.2, 0.25) is 5.02 Å². The molecule has 0 radical (unpaired) electrons. The molecule has 0 spiro atoms. The van der Waals surface area contributed by atoms with Crippen molar-refractivity contribution in [1.82, 2.24) is 9.80 Å². The van der Waals surface area contributed by atoms with Crippen LogP contribution in [0, 0.1) is 5.82 Å². The maximum atomic E-state index is 13.2. The van der Waals surface area contributed by atoms with Gasteiger partial charge in [0.1, 0.15) is 5.82 Å². The number of hydrogen-bond acceptors (Lipinski definition) is 4. The molecule has 0 unspecified atom stereocenters. The summed E-state index contributed by atoms with van der Waals surface area (Å²) < 4.78 is 13.0. The van der Waals surface area contributed by atoms with Crippen LogP contribution in [0.3, 0.4) is 0 Å². The van der Waals surface area contributed by atoms with Gasteiger partial charge >= 0.3 is 0 Å². The van der Waals surface area contributed by atoms with Crippen molar-refractivity contribution >= 4 is 34.9 Å². The molecule has 2 amide bonds. The van der Waals surface area contributed by atoms with E-state index in [0.717, 1.165) is 0 Å². The summed E-state index contributed by atoms with van der Waals surface area (Å²) in [6, 6.07) is 18.9. The molecule has 6 nitrogen and oxygen atoms in total. The van der Waals surface area contributed by atoms with Crippen molar-refractivity contribution in [1.29, 1.82) is 0 Å². The third-order valence-electron chi connectivity index (χ3n) is 5.66. The fourth-order valence-electron chi connectivity index (χ4n) is 3.84. The number of anilines is 1. The number of carbonyl (C=O) groups is 3. The minimum Gasteiger partial charge on any atom is -0.336 e. The summed E-state index contributed by atoms with van der Waals surface area (Å²) in [5, 5.41) is 3.27. The maximum Gasteiger partial charge on any atom is 0.254 e. The molecule has 0 bridgehead atoms. The molecule has 174 valence electrons. The predicted octanol–water partition coefficient (Wildman–Crippen LogP) is 4.11. The van der Waals surface area contributed by atoms with E-state index in [2.05, 4.69) is 5.32 Å². The first-order valence-corrected chi connectivity index (χ1v) is 11.2. The van der Waals surface area contributed by atoms with Gasteiger partial charge < -0.3 is 10.2 Å². The highest BCUT2D eigenvalue weighted by Gasteiger charge is 2.26. The molecule has 0 atom stereocenters. The van der Waals surface area contributed by atoms with Crippen molar-refractivity contribution in [2.24, 2.45) is 0 Å². The Bertz CT molecular complexity index is 1190. The van der Waals surface area contributed by atoms with E-state index in [-0.39, 0.29) is 30.0 Å². The second kappa shape index (κ2) is 10.6. The van der Waals surface area contributed by atoms with Gasteiger partial charge in [0.15, 0.2) is 5.78 Å². The van der Waals surface area contributed by atoms with Crippen LogP contribution in [0.1, 0.15) is 26.3 Å². The van der Waals surface area contributed by atoms with Crippen molar-refractivity contribution < 1.29 is 18.8 Å². The normalized spacial score (nSPS) is 14.0. The summed E-state index contributed by atoms with van der Waals surface area (Å²) in [6.07, 6.45) is 0. The smallest absolute Gasteiger partial charge is 0.254 e. The largest absolute Gasteiger partial charge is 0.336 e. The highest BCUT2D eigenvalue weighted by molar-refractivity contribution is 6.30. The van der Waals surface area contributed by atoms with Crippen LogP contribution in [-0.4, -0.2) is 60.1 Å². The Morgan fingerprint density at radius 2 is 1.44 bits per heavy atom. The lowest BCUT2D eigenvalue weighted by molar-refractivity contribution is -0.117. The molecule has 1 saturated heterocycles. The van der Waals surface area contributed by atoms with Gasteiger partial charge in [-0.1, -0.05) is 29.8 Å². The molecular weight excluding hydrogens is 457 g/mol. The fourth-order valence-corrected chi connectivity index (χ4v) is 3.97. The quantitative estimate of drug-likeness (QED) is 0.540. The van der Waals surface area contributed by atoms with Crippen LogP contribution in [0.4, 0.5) is 10.1 Å². The van der Waals surface area contributed by atoms with Crippen LogP contribution < -0.4 is 5.32 Å². The van der Waals surface area contributed by atoms with E-state index in [4.69, 9.17) is 11.6 Å². The first-order chi connectivity index (χ1) is 16.4. The Morgan fingerprint density at radius 1 is 0.824 bits per heavy atom. The molecule has 3 aromatic rings. The number of halogens is 2. The summed E-state index contributed by atoms with van der Waals surface area (Å²) in [4.78, 5) is 42.2. The number of ketones is 1. The Labute approximate surface area is 201 Å². The van der Waals surface area contributed by atoms with Crippen molar-refractivity contribution in [3.8, 4) is 0 Å². The third-order valence-corrected chi connectivity index (χ3v) is 5.92. The SMILES string of the molecule is O=C(CN1CCN(C(=O)c2ccccc2C(=O)c2ccc(Cl)cc2)CC1)Nc1ccc(F)cc1. The average Bonchev–Trinajstić information content (AvgIpc) is 2.85. The zero-order valence-corrected chi connectivity index (χ0v) is 19.1. The van der Waals surface area contributed by atoms with Gasteiger partial charge in [0, 0.05) is 48.0 Å². The Kier molecular flexibility index (Phi) is 7.35. The summed E-state index contributed by atoms with van der Waals surface area (Å²) in [7, 11) is 0. The minimum atomic E-state index is -0.366. The van der Waals surface area contributed by atoms with E-state index in [1.165, 1.54) is 24.3 Å². The highest BCUT2D eigenvalue weighted by Crippen LogP contribution is 2.19. The van der Waals surface area contributed by atoms with Crippen molar-refractivity contribution in [3.05, 3.63) is 100 Å². The molecule has 8 heteroatoms. The number of nitrogens with one attached hydrogen (secondary N) is 1. The topological polar surface area (TPSA) is 69.7 Å². The Morgan fingerprint density at radius 3 is 2.09 bits per heavy atom. The standard InChI is InChI=1S/C26H23ClFN3O3/c27-19-7-5-18(6-8-19)25(33)22-3-1-2-4-23(22)26(34)31-15-13-30(14-16-31)17-24(32)29-21-11-9-20(28)10-12-21/h1-12H,13-17H2,(H,29,32). The molecule has 1 N–H and O–H groups in total. The molecule has 0 aliphatic carbocycles. The van der Waals surface area contributed by atoms with Crippen molar-refractivity contribution in [2.75, 3.05) is 38.0 Å². The molecule has 4 rings (SSSR count). The number of hydrogen-bond donors (Lipinski definition) is 1. The van der Waals surface area contributed by atoms with Crippen molar-refractivity contribution in [3.63, 3.8) is 0 Å². The predicted molar refractivity (Wildman–Crippen MR) is 129 cm³/mol. The van der Waals surface area contributed by atoms with Crippen LogP contribution >= 0.6 is 11.6 Å². The third kappa shape index (κ3) is 5.68. The number of amides is 2. The van der Waals surface area contributed by atoms with E-state index < -0.39 is 0 Å². The molecule has 1 heterocycles. The molecule has 3 aromatic carbocycles. The zero-order chi connectivity index (χ0) is 24.1. The van der Waals surface area contributed by atoms with Gasteiger partial charge in [0.05, 0.1) is 12.1 Å². The van der Waals surface area contributed by atoms with E-state index >= 15 is 0 Å². The van der Waals surface area contributed by atoms with E-state index in [0.29, 0.717) is 53.6 Å². The Balaban J connectivity index is 1.36. The molecule has 0 aromatic heterocycles. The lowest BCUT2D eigenvalue weighted by Gasteiger charge is -2.34. The van der Waals surface area contributed by atoms with Gasteiger partial charge in [-0.2, -0.15) is 0 Å². The van der Waals surface area contributed by atoms with Gasteiger partial charge in [-0.15, -0.1) is 0 Å². The molecular formula is C26H23ClFN3O3. The van der Waals surface area contributed by atoms with Gasteiger partial charge in [-0.3, -0.25) is 19.3 Å². The summed E-state index contributed by atoms with van der Waals surface area (Å²) >= 11 is 5.92. The van der Waals surface area contributed by atoms with Gasteiger partial charge in [0.2, 0.25) is 5.91 Å². The molecule has 1 fully saturated rings. The zero-order valence-electron chi connectivity index (χ0n) is 18.3. The molecule has 0 saturated carbocycles. The number of benzene rings is 3. The van der Waals surface area contributed by atoms with Gasteiger partial charge in [0.25, 0.3) is 5.91 Å². The first-order valence-electron chi connectivity index (χ1n) is 10.9. The average molecular weight is 480 g/mol. The van der Waals surface area contributed by atoms with Gasteiger partial charge in [-0.05, 0) is 54.6 Å². The number of rotatable bonds is 6. The number of piperazine rings is 1. The van der Waals surface area contributed by atoms with Crippen molar-refractivity contribution in [2.45, 2.75) is 0 Å². The molecule has 34 heavy (non-hydrogen) atoms. The number of nitrogens with zero attached hydrogens (tertiary/aromatic N) is 2. The summed E-state index contributed by atoms with van der Waals surface area (Å²) in [5.74, 6) is -1.02. The van der Waals surface area contributed by atoms with E-state index in [9.17, 15) is 18.8 Å². The minimum absolute atomic E-state index is 0.172. The van der Waals surface area contributed by atoms with Gasteiger partial charge in [-0.25, -0.2) is 4.39 Å².